The number of morpholine rings is 1. The molecule has 1 amide bonds. The molecule has 2 aliphatic carbocycles. The maximum atomic E-state index is 12.6. The molecule has 0 spiro atoms. The van der Waals surface area contributed by atoms with Crippen LogP contribution >= 0.6 is 12.4 Å². The summed E-state index contributed by atoms with van der Waals surface area (Å²) in [6, 6.07) is 0.543. The van der Waals surface area contributed by atoms with Crippen LogP contribution in [0.15, 0.2) is 0 Å². The first-order valence-corrected chi connectivity index (χ1v) is 8.44. The Morgan fingerprint density at radius 2 is 1.90 bits per heavy atom. The van der Waals surface area contributed by atoms with E-state index >= 15 is 0 Å². The first-order valence-electron chi connectivity index (χ1n) is 8.44. The van der Waals surface area contributed by atoms with Crippen molar-refractivity contribution in [2.45, 2.75) is 63.5 Å². The molecule has 3 rings (SSSR count). The first-order chi connectivity index (χ1) is 9.83. The van der Waals surface area contributed by atoms with Crippen molar-refractivity contribution in [1.29, 1.82) is 0 Å². The van der Waals surface area contributed by atoms with Gasteiger partial charge in [0.2, 0.25) is 5.91 Å². The van der Waals surface area contributed by atoms with E-state index in [0.29, 0.717) is 18.4 Å². The van der Waals surface area contributed by atoms with Gasteiger partial charge in [0, 0.05) is 25.7 Å². The third kappa shape index (κ3) is 5.11. The van der Waals surface area contributed by atoms with Gasteiger partial charge in [-0.05, 0) is 31.6 Å². The fraction of sp³-hybridized carbons (Fsp3) is 0.938. The van der Waals surface area contributed by atoms with E-state index in [-0.39, 0.29) is 18.5 Å². The number of carbonyl (C=O) groups is 1. The molecule has 21 heavy (non-hydrogen) atoms. The minimum Gasteiger partial charge on any atom is -0.375 e. The number of nitrogens with one attached hydrogen (secondary N) is 1. The van der Waals surface area contributed by atoms with Gasteiger partial charge in [-0.15, -0.1) is 12.4 Å². The molecule has 3 fully saturated rings. The molecule has 4 nitrogen and oxygen atoms in total. The van der Waals surface area contributed by atoms with Crippen LogP contribution < -0.4 is 5.32 Å². The van der Waals surface area contributed by atoms with Crippen molar-refractivity contribution in [2.75, 3.05) is 26.2 Å². The molecule has 1 saturated heterocycles. The molecule has 2 saturated carbocycles. The molecule has 3 aliphatic rings. The molecule has 0 aromatic rings. The number of hydrogen-bond donors (Lipinski definition) is 1. The standard InChI is InChI=1S/C16H28N2O2.ClH/c19-16(10-15-11-17-8-9-20-15)18(14-6-7-14)12-13-4-2-1-3-5-13;/h13-15,17H,1-12H2;1H. The summed E-state index contributed by atoms with van der Waals surface area (Å²) in [5.41, 5.74) is 0. The van der Waals surface area contributed by atoms with Crippen LogP contribution in [0.25, 0.3) is 0 Å². The van der Waals surface area contributed by atoms with Gasteiger partial charge in [-0.3, -0.25) is 4.79 Å². The van der Waals surface area contributed by atoms with Gasteiger partial charge >= 0.3 is 0 Å². The van der Waals surface area contributed by atoms with Crippen LogP contribution in [0.4, 0.5) is 0 Å². The lowest BCUT2D eigenvalue weighted by Gasteiger charge is -2.32. The Morgan fingerprint density at radius 3 is 2.52 bits per heavy atom. The number of hydrogen-bond acceptors (Lipinski definition) is 3. The Morgan fingerprint density at radius 1 is 1.14 bits per heavy atom. The highest BCUT2D eigenvalue weighted by atomic mass is 35.5. The van der Waals surface area contributed by atoms with Crippen LogP contribution in [0.2, 0.25) is 0 Å². The number of amides is 1. The van der Waals surface area contributed by atoms with Crippen molar-refractivity contribution in [3.63, 3.8) is 0 Å². The predicted molar refractivity (Wildman–Crippen MR) is 85.8 cm³/mol. The second kappa shape index (κ2) is 8.35. The maximum Gasteiger partial charge on any atom is 0.225 e. The third-order valence-electron chi connectivity index (χ3n) is 4.89. The topological polar surface area (TPSA) is 41.6 Å². The predicted octanol–water partition coefficient (Wildman–Crippen LogP) is 2.36. The SMILES string of the molecule is Cl.O=C(CC1CNCCO1)N(CC1CCCCC1)C1CC1. The zero-order valence-corrected chi connectivity index (χ0v) is 13.7. The van der Waals surface area contributed by atoms with Gasteiger partial charge in [0.25, 0.3) is 0 Å². The van der Waals surface area contributed by atoms with Crippen LogP contribution in [-0.2, 0) is 9.53 Å². The summed E-state index contributed by atoms with van der Waals surface area (Å²) >= 11 is 0. The molecular formula is C16H29ClN2O2. The van der Waals surface area contributed by atoms with Crippen LogP contribution in [0.1, 0.15) is 51.4 Å². The summed E-state index contributed by atoms with van der Waals surface area (Å²) in [7, 11) is 0. The molecule has 0 aromatic heterocycles. The lowest BCUT2D eigenvalue weighted by Crippen LogP contribution is -2.44. The Kier molecular flexibility index (Phi) is 6.77. The molecule has 0 aromatic carbocycles. The second-order valence-electron chi connectivity index (χ2n) is 6.68. The Labute approximate surface area is 134 Å². The van der Waals surface area contributed by atoms with Crippen molar-refractivity contribution in [3.8, 4) is 0 Å². The molecular weight excluding hydrogens is 288 g/mol. The van der Waals surface area contributed by atoms with Gasteiger partial charge in [0.15, 0.2) is 0 Å². The van der Waals surface area contributed by atoms with Crippen LogP contribution in [-0.4, -0.2) is 49.2 Å². The third-order valence-corrected chi connectivity index (χ3v) is 4.89. The molecule has 1 N–H and O–H groups in total. The highest BCUT2D eigenvalue weighted by Gasteiger charge is 2.35. The lowest BCUT2D eigenvalue weighted by molar-refractivity contribution is -0.136. The molecule has 122 valence electrons. The van der Waals surface area contributed by atoms with E-state index in [9.17, 15) is 4.79 Å². The smallest absolute Gasteiger partial charge is 0.225 e. The van der Waals surface area contributed by atoms with E-state index < -0.39 is 0 Å². The minimum atomic E-state index is 0. The molecule has 1 unspecified atom stereocenters. The monoisotopic (exact) mass is 316 g/mol. The summed E-state index contributed by atoms with van der Waals surface area (Å²) in [6.07, 6.45) is 9.80. The maximum absolute atomic E-state index is 12.6. The van der Waals surface area contributed by atoms with E-state index in [1.54, 1.807) is 0 Å². The zero-order chi connectivity index (χ0) is 13.8. The summed E-state index contributed by atoms with van der Waals surface area (Å²) < 4.78 is 5.68. The van der Waals surface area contributed by atoms with Crippen LogP contribution in [0.5, 0.6) is 0 Å². The first kappa shape index (κ1) is 17.0. The Hall–Kier alpha value is -0.320. The van der Waals surface area contributed by atoms with Crippen molar-refractivity contribution in [2.24, 2.45) is 5.92 Å². The van der Waals surface area contributed by atoms with Crippen molar-refractivity contribution < 1.29 is 9.53 Å². The minimum absolute atomic E-state index is 0. The highest BCUT2D eigenvalue weighted by molar-refractivity contribution is 5.85. The molecule has 5 heteroatoms. The van der Waals surface area contributed by atoms with Gasteiger partial charge in [0.1, 0.15) is 0 Å². The molecule has 1 atom stereocenters. The van der Waals surface area contributed by atoms with Gasteiger partial charge in [-0.2, -0.15) is 0 Å². The average Bonchev–Trinajstić information content (AvgIpc) is 3.31. The van der Waals surface area contributed by atoms with E-state index in [0.717, 1.165) is 32.2 Å². The number of nitrogens with zero attached hydrogens (tertiary/aromatic N) is 1. The van der Waals surface area contributed by atoms with E-state index in [1.165, 1.54) is 44.9 Å². The second-order valence-corrected chi connectivity index (χ2v) is 6.68. The van der Waals surface area contributed by atoms with Gasteiger partial charge < -0.3 is 15.0 Å². The summed E-state index contributed by atoms with van der Waals surface area (Å²) in [5.74, 6) is 1.07. The Balaban J connectivity index is 0.00000161. The normalized spacial score (nSPS) is 27.0. The molecule has 0 radical (unpaired) electrons. The molecule has 1 aliphatic heterocycles. The van der Waals surface area contributed by atoms with Gasteiger partial charge in [-0.1, -0.05) is 19.3 Å². The largest absolute Gasteiger partial charge is 0.375 e. The number of halogens is 1. The lowest BCUT2D eigenvalue weighted by atomic mass is 9.89. The van der Waals surface area contributed by atoms with Gasteiger partial charge in [0.05, 0.1) is 19.1 Å². The number of carbonyl (C=O) groups excluding carboxylic acids is 1. The van der Waals surface area contributed by atoms with Crippen LogP contribution in [0, 0.1) is 5.92 Å². The quantitative estimate of drug-likeness (QED) is 0.846. The van der Waals surface area contributed by atoms with Crippen molar-refractivity contribution in [3.05, 3.63) is 0 Å². The van der Waals surface area contributed by atoms with Crippen molar-refractivity contribution in [1.82, 2.24) is 10.2 Å². The summed E-state index contributed by atoms with van der Waals surface area (Å²) in [6.45, 7) is 3.49. The summed E-state index contributed by atoms with van der Waals surface area (Å²) in [5, 5.41) is 3.31. The van der Waals surface area contributed by atoms with Crippen LogP contribution in [0.3, 0.4) is 0 Å². The fourth-order valence-electron chi connectivity index (χ4n) is 3.55. The van der Waals surface area contributed by atoms with E-state index in [2.05, 4.69) is 10.2 Å². The highest BCUT2D eigenvalue weighted by Crippen LogP contribution is 2.32. The summed E-state index contributed by atoms with van der Waals surface area (Å²) in [4.78, 5) is 14.8. The average molecular weight is 317 g/mol. The van der Waals surface area contributed by atoms with E-state index in [1.807, 2.05) is 0 Å². The Bertz CT molecular complexity index is 324. The molecule has 0 bridgehead atoms. The van der Waals surface area contributed by atoms with Crippen molar-refractivity contribution >= 4 is 18.3 Å². The number of ether oxygens (including phenoxy) is 1. The molecule has 1 heterocycles. The van der Waals surface area contributed by atoms with Gasteiger partial charge in [-0.25, -0.2) is 0 Å². The number of rotatable bonds is 5. The van der Waals surface area contributed by atoms with E-state index in [4.69, 9.17) is 4.74 Å². The zero-order valence-electron chi connectivity index (χ0n) is 12.9. The fourth-order valence-corrected chi connectivity index (χ4v) is 3.55.